The molecule has 206 valence electrons. The van der Waals surface area contributed by atoms with Crippen molar-refractivity contribution in [1.29, 1.82) is 0 Å². The molecule has 39 heavy (non-hydrogen) atoms. The number of piperidine rings is 1. The third-order valence-electron chi connectivity index (χ3n) is 7.75. The molecule has 0 spiro atoms. The van der Waals surface area contributed by atoms with Crippen molar-refractivity contribution in [2.45, 2.75) is 65.5 Å². The third kappa shape index (κ3) is 4.88. The van der Waals surface area contributed by atoms with E-state index in [2.05, 4.69) is 39.6 Å². The maximum Gasteiger partial charge on any atom is 0.332 e. The topological polar surface area (TPSA) is 106 Å². The summed E-state index contributed by atoms with van der Waals surface area (Å²) in [6, 6.07) is 4.04. The molecule has 10 nitrogen and oxygen atoms in total. The van der Waals surface area contributed by atoms with Gasteiger partial charge in [0.05, 0.1) is 24.5 Å². The first-order valence-corrected chi connectivity index (χ1v) is 13.7. The Hall–Kier alpha value is -3.81. The Morgan fingerprint density at radius 2 is 2.13 bits per heavy atom. The number of aliphatic imine (C=N–C) groups is 1. The SMILES string of the molecule is CC#CCN1c2c(n(C)c(=O)n(CC3=NC(CC)=C(/C=C\C)Cn4cccc43)c2=O)NC1N1CCCC(N)C1. The molecule has 0 aromatic carbocycles. The zero-order valence-corrected chi connectivity index (χ0v) is 23.3. The number of allylic oxidation sites excluding steroid dienone is 4. The summed E-state index contributed by atoms with van der Waals surface area (Å²) in [5.41, 5.74) is 9.69. The van der Waals surface area contributed by atoms with Crippen molar-refractivity contribution in [2.75, 3.05) is 29.9 Å². The maximum absolute atomic E-state index is 14.1. The Balaban J connectivity index is 1.61. The third-order valence-corrected chi connectivity index (χ3v) is 7.75. The minimum absolute atomic E-state index is 0.0709. The van der Waals surface area contributed by atoms with Crippen LogP contribution >= 0.6 is 0 Å². The zero-order valence-electron chi connectivity index (χ0n) is 23.3. The van der Waals surface area contributed by atoms with Crippen LogP contribution in [0.3, 0.4) is 0 Å². The molecule has 0 aliphatic carbocycles. The first kappa shape index (κ1) is 26.8. The van der Waals surface area contributed by atoms with Gasteiger partial charge >= 0.3 is 5.69 Å². The number of hydrogen-bond acceptors (Lipinski definition) is 7. The van der Waals surface area contributed by atoms with Crippen LogP contribution in [-0.4, -0.2) is 56.3 Å². The van der Waals surface area contributed by atoms with Crippen molar-refractivity contribution in [3.63, 3.8) is 0 Å². The molecule has 2 unspecified atom stereocenters. The Morgan fingerprint density at radius 1 is 1.31 bits per heavy atom. The van der Waals surface area contributed by atoms with Crippen LogP contribution in [0.5, 0.6) is 0 Å². The van der Waals surface area contributed by atoms with Gasteiger partial charge in [0.25, 0.3) is 5.56 Å². The number of rotatable bonds is 6. The van der Waals surface area contributed by atoms with Crippen molar-refractivity contribution in [2.24, 2.45) is 17.8 Å². The fourth-order valence-corrected chi connectivity index (χ4v) is 5.82. The Morgan fingerprint density at radius 3 is 2.85 bits per heavy atom. The molecule has 1 fully saturated rings. The van der Waals surface area contributed by atoms with E-state index in [1.165, 1.54) is 9.13 Å². The Labute approximate surface area is 229 Å². The van der Waals surface area contributed by atoms with Crippen molar-refractivity contribution in [3.8, 4) is 11.8 Å². The van der Waals surface area contributed by atoms with Crippen LogP contribution in [0.15, 0.2) is 56.3 Å². The van der Waals surface area contributed by atoms with Crippen molar-refractivity contribution >= 4 is 17.2 Å². The lowest BCUT2D eigenvalue weighted by atomic mass is 10.1. The molecule has 10 heteroatoms. The summed E-state index contributed by atoms with van der Waals surface area (Å²) in [4.78, 5) is 37.0. The lowest BCUT2D eigenvalue weighted by molar-refractivity contribution is 0.165. The summed E-state index contributed by atoms with van der Waals surface area (Å²) in [7, 11) is 1.71. The highest BCUT2D eigenvalue weighted by atomic mass is 16.2. The highest BCUT2D eigenvalue weighted by Gasteiger charge is 2.39. The minimum atomic E-state index is -0.385. The fraction of sp³-hybridized carbons (Fsp3) is 0.483. The summed E-state index contributed by atoms with van der Waals surface area (Å²) >= 11 is 0. The normalized spacial score (nSPS) is 21.3. The number of anilines is 2. The first-order chi connectivity index (χ1) is 18.9. The number of nitrogens with one attached hydrogen (secondary N) is 1. The van der Waals surface area contributed by atoms with Gasteiger partial charge in [0.2, 0.25) is 0 Å². The van der Waals surface area contributed by atoms with Gasteiger partial charge in [-0.15, -0.1) is 5.92 Å². The second kappa shape index (κ2) is 11.1. The van der Waals surface area contributed by atoms with Gasteiger partial charge in [0, 0.05) is 44.6 Å². The van der Waals surface area contributed by atoms with E-state index in [1.807, 2.05) is 36.2 Å². The molecule has 2 aromatic rings. The predicted molar refractivity (Wildman–Crippen MR) is 156 cm³/mol. The van der Waals surface area contributed by atoms with E-state index < -0.39 is 0 Å². The quantitative estimate of drug-likeness (QED) is 0.554. The Kier molecular flexibility index (Phi) is 7.64. The average Bonchev–Trinajstić information content (AvgIpc) is 3.52. The highest BCUT2D eigenvalue weighted by molar-refractivity contribution is 6.00. The largest absolute Gasteiger partial charge is 0.342 e. The van der Waals surface area contributed by atoms with E-state index in [0.717, 1.165) is 42.8 Å². The molecule has 0 bridgehead atoms. The van der Waals surface area contributed by atoms with Gasteiger partial charge in [-0.25, -0.2) is 4.79 Å². The van der Waals surface area contributed by atoms with Gasteiger partial charge in [0.1, 0.15) is 11.5 Å². The molecule has 2 atom stereocenters. The summed E-state index contributed by atoms with van der Waals surface area (Å²) in [6.07, 6.45) is 8.52. The maximum atomic E-state index is 14.1. The van der Waals surface area contributed by atoms with Gasteiger partial charge in [0.15, 0.2) is 6.29 Å². The van der Waals surface area contributed by atoms with Crippen molar-refractivity contribution in [3.05, 3.63) is 68.3 Å². The second-order valence-corrected chi connectivity index (χ2v) is 10.3. The number of aromatic nitrogens is 3. The Bertz CT molecular complexity index is 1530. The standard InChI is InChI=1S/C29H38N8O2/c1-5-8-16-36-25-26(32-28(36)35-15-9-12-21(30)18-35)33(4)29(39)37(27(25)38)19-23-24-13-10-14-34(24)17-20(11-6-2)22(7-3)31-23/h6,10-11,13-14,21,28,32H,7,9,12,15-19,30H2,1-4H3/b11-6-. The summed E-state index contributed by atoms with van der Waals surface area (Å²) in [5.74, 6) is 6.59. The van der Waals surface area contributed by atoms with Gasteiger partial charge in [-0.05, 0) is 50.8 Å². The van der Waals surface area contributed by atoms with Gasteiger partial charge in [-0.3, -0.25) is 23.8 Å². The highest BCUT2D eigenvalue weighted by Crippen LogP contribution is 2.32. The molecule has 2 aromatic heterocycles. The molecule has 5 rings (SSSR count). The second-order valence-electron chi connectivity index (χ2n) is 10.3. The lowest BCUT2D eigenvalue weighted by Crippen LogP contribution is -2.56. The lowest BCUT2D eigenvalue weighted by Gasteiger charge is -2.39. The first-order valence-electron chi connectivity index (χ1n) is 13.7. The van der Waals surface area contributed by atoms with Crippen LogP contribution < -0.4 is 27.2 Å². The van der Waals surface area contributed by atoms with Crippen molar-refractivity contribution < 1.29 is 0 Å². The molecule has 0 saturated carbocycles. The number of nitrogens with zero attached hydrogens (tertiary/aromatic N) is 6. The summed E-state index contributed by atoms with van der Waals surface area (Å²) in [5, 5.41) is 3.45. The minimum Gasteiger partial charge on any atom is -0.342 e. The monoisotopic (exact) mass is 530 g/mol. The molecule has 0 radical (unpaired) electrons. The number of likely N-dealkylation sites (tertiary alicyclic amines) is 1. The van der Waals surface area contributed by atoms with Gasteiger partial charge in [-0.2, -0.15) is 0 Å². The van der Waals surface area contributed by atoms with E-state index in [1.54, 1.807) is 14.0 Å². The molecule has 3 aliphatic heterocycles. The predicted octanol–water partition coefficient (Wildman–Crippen LogP) is 2.05. The average molecular weight is 531 g/mol. The van der Waals surface area contributed by atoms with E-state index in [0.29, 0.717) is 36.9 Å². The van der Waals surface area contributed by atoms with Crippen molar-refractivity contribution in [1.82, 2.24) is 18.6 Å². The van der Waals surface area contributed by atoms with E-state index >= 15 is 0 Å². The smallest absolute Gasteiger partial charge is 0.332 e. The van der Waals surface area contributed by atoms with Crippen LogP contribution in [0, 0.1) is 11.8 Å². The molecule has 3 N–H and O–H groups in total. The number of hydrogen-bond donors (Lipinski definition) is 2. The molecular weight excluding hydrogens is 492 g/mol. The zero-order chi connectivity index (χ0) is 27.7. The fourth-order valence-electron chi connectivity index (χ4n) is 5.82. The molecule has 0 amide bonds. The van der Waals surface area contributed by atoms with Gasteiger partial charge < -0.3 is 20.5 Å². The van der Waals surface area contributed by atoms with Crippen LogP contribution in [0.1, 0.15) is 45.7 Å². The summed E-state index contributed by atoms with van der Waals surface area (Å²) in [6.45, 7) is 8.54. The molecular formula is C29H38N8O2. The van der Waals surface area contributed by atoms with Crippen LogP contribution in [0.25, 0.3) is 0 Å². The summed E-state index contributed by atoms with van der Waals surface area (Å²) < 4.78 is 4.96. The van der Waals surface area contributed by atoms with Gasteiger partial charge in [-0.1, -0.05) is 25.0 Å². The van der Waals surface area contributed by atoms with Crippen LogP contribution in [0.4, 0.5) is 11.5 Å². The van der Waals surface area contributed by atoms with Crippen LogP contribution in [0.2, 0.25) is 0 Å². The molecule has 5 heterocycles. The molecule has 1 saturated heterocycles. The van der Waals surface area contributed by atoms with E-state index in [-0.39, 0.29) is 30.1 Å². The number of fused-ring (bicyclic) bond motifs is 2. The van der Waals surface area contributed by atoms with E-state index in [4.69, 9.17) is 10.7 Å². The molecule has 3 aliphatic rings. The van der Waals surface area contributed by atoms with E-state index in [9.17, 15) is 9.59 Å². The van der Waals surface area contributed by atoms with Crippen LogP contribution in [-0.2, 0) is 20.1 Å². The number of nitrogens with two attached hydrogens (primary N) is 1.